The van der Waals surface area contributed by atoms with Gasteiger partial charge in [-0.05, 0) is 31.0 Å². The van der Waals surface area contributed by atoms with Gasteiger partial charge in [-0.3, -0.25) is 0 Å². The molecule has 2 aromatic rings. The van der Waals surface area contributed by atoms with Crippen molar-refractivity contribution in [2.24, 2.45) is 0 Å². The molecule has 1 N–H and O–H groups in total. The van der Waals surface area contributed by atoms with Crippen molar-refractivity contribution in [3.05, 3.63) is 33.5 Å². The Hall–Kier alpha value is -0.850. The molecule has 1 aliphatic rings. The van der Waals surface area contributed by atoms with Crippen LogP contribution in [0.3, 0.4) is 0 Å². The quantitative estimate of drug-likeness (QED) is 0.905. The second kappa shape index (κ2) is 5.64. The average molecular weight is 342 g/mol. The van der Waals surface area contributed by atoms with Gasteiger partial charge in [0, 0.05) is 29.0 Å². The fourth-order valence-corrected chi connectivity index (χ4v) is 3.11. The lowest BCUT2D eigenvalue weighted by Crippen LogP contribution is -2.19. The standard InChI is InChI=1S/C13H13BrFN3S/c14-9-5-8(6-10(15)7-9)13-18-17-12(19-13)3-4-16-11-1-2-11/h5-7,11,16H,1-4H2. The van der Waals surface area contributed by atoms with Gasteiger partial charge in [0.15, 0.2) is 0 Å². The van der Waals surface area contributed by atoms with E-state index in [1.807, 2.05) is 6.07 Å². The van der Waals surface area contributed by atoms with Crippen LogP contribution in [0.15, 0.2) is 22.7 Å². The van der Waals surface area contributed by atoms with E-state index in [1.54, 1.807) is 0 Å². The van der Waals surface area contributed by atoms with Crippen LogP contribution >= 0.6 is 27.3 Å². The topological polar surface area (TPSA) is 37.8 Å². The summed E-state index contributed by atoms with van der Waals surface area (Å²) in [5.41, 5.74) is 0.769. The molecule has 0 spiro atoms. The summed E-state index contributed by atoms with van der Waals surface area (Å²) >= 11 is 4.81. The monoisotopic (exact) mass is 341 g/mol. The molecule has 1 saturated carbocycles. The lowest BCUT2D eigenvalue weighted by atomic mass is 10.2. The summed E-state index contributed by atoms with van der Waals surface area (Å²) in [4.78, 5) is 0. The maximum atomic E-state index is 13.3. The Kier molecular flexibility index (Phi) is 3.91. The van der Waals surface area contributed by atoms with E-state index in [0.717, 1.165) is 33.0 Å². The van der Waals surface area contributed by atoms with Crippen LogP contribution in [0.25, 0.3) is 10.6 Å². The molecule has 0 amide bonds. The van der Waals surface area contributed by atoms with Crippen molar-refractivity contribution >= 4 is 27.3 Å². The number of hydrogen-bond acceptors (Lipinski definition) is 4. The van der Waals surface area contributed by atoms with Crippen LogP contribution in [0, 0.1) is 5.82 Å². The number of nitrogens with one attached hydrogen (secondary N) is 1. The molecule has 0 unspecified atom stereocenters. The first-order valence-electron chi connectivity index (χ1n) is 6.23. The predicted octanol–water partition coefficient (Wildman–Crippen LogP) is 3.40. The largest absolute Gasteiger partial charge is 0.314 e. The smallest absolute Gasteiger partial charge is 0.147 e. The van der Waals surface area contributed by atoms with Crippen LogP contribution in [-0.4, -0.2) is 22.8 Å². The molecule has 3 nitrogen and oxygen atoms in total. The molecule has 0 bridgehead atoms. The van der Waals surface area contributed by atoms with Gasteiger partial charge in [-0.1, -0.05) is 27.3 Å². The van der Waals surface area contributed by atoms with Gasteiger partial charge in [0.2, 0.25) is 0 Å². The summed E-state index contributed by atoms with van der Waals surface area (Å²) in [5, 5.41) is 13.5. The normalized spacial score (nSPS) is 14.8. The highest BCUT2D eigenvalue weighted by atomic mass is 79.9. The fraction of sp³-hybridized carbons (Fsp3) is 0.385. The summed E-state index contributed by atoms with van der Waals surface area (Å²) in [5.74, 6) is -0.267. The molecule has 1 aromatic heterocycles. The molecule has 19 heavy (non-hydrogen) atoms. The van der Waals surface area contributed by atoms with Crippen molar-refractivity contribution in [3.63, 3.8) is 0 Å². The van der Waals surface area contributed by atoms with Crippen molar-refractivity contribution in [2.75, 3.05) is 6.54 Å². The summed E-state index contributed by atoms with van der Waals surface area (Å²) in [6, 6.07) is 5.49. The van der Waals surface area contributed by atoms with Crippen molar-refractivity contribution in [1.29, 1.82) is 0 Å². The van der Waals surface area contributed by atoms with Crippen LogP contribution < -0.4 is 5.32 Å². The van der Waals surface area contributed by atoms with Crippen molar-refractivity contribution in [2.45, 2.75) is 25.3 Å². The van der Waals surface area contributed by atoms with Crippen LogP contribution in [0.2, 0.25) is 0 Å². The minimum absolute atomic E-state index is 0.267. The van der Waals surface area contributed by atoms with Crippen LogP contribution in [-0.2, 0) is 6.42 Å². The first-order valence-corrected chi connectivity index (χ1v) is 7.84. The van der Waals surface area contributed by atoms with Crippen LogP contribution in [0.1, 0.15) is 17.8 Å². The maximum absolute atomic E-state index is 13.3. The highest BCUT2D eigenvalue weighted by Crippen LogP contribution is 2.27. The lowest BCUT2D eigenvalue weighted by Gasteiger charge is -1.98. The van der Waals surface area contributed by atoms with E-state index in [1.165, 1.54) is 36.3 Å². The number of nitrogens with zero attached hydrogens (tertiary/aromatic N) is 2. The first kappa shape index (κ1) is 13.1. The van der Waals surface area contributed by atoms with E-state index in [4.69, 9.17) is 0 Å². The van der Waals surface area contributed by atoms with E-state index < -0.39 is 0 Å². The molecule has 0 radical (unpaired) electrons. The number of aromatic nitrogens is 2. The number of hydrogen-bond donors (Lipinski definition) is 1. The third-order valence-electron chi connectivity index (χ3n) is 2.93. The van der Waals surface area contributed by atoms with Crippen LogP contribution in [0.5, 0.6) is 0 Å². The number of halogens is 2. The molecular formula is C13H13BrFN3S. The van der Waals surface area contributed by atoms with Gasteiger partial charge in [0.05, 0.1) is 0 Å². The lowest BCUT2D eigenvalue weighted by molar-refractivity contribution is 0.627. The minimum atomic E-state index is -0.267. The highest BCUT2D eigenvalue weighted by molar-refractivity contribution is 9.10. The van der Waals surface area contributed by atoms with Gasteiger partial charge in [0.1, 0.15) is 15.8 Å². The van der Waals surface area contributed by atoms with Gasteiger partial charge in [0.25, 0.3) is 0 Å². The molecule has 3 rings (SSSR count). The summed E-state index contributed by atoms with van der Waals surface area (Å²) < 4.78 is 14.1. The zero-order chi connectivity index (χ0) is 13.2. The van der Waals surface area contributed by atoms with E-state index >= 15 is 0 Å². The second-order valence-corrected chi connectivity index (χ2v) is 6.62. The van der Waals surface area contributed by atoms with Gasteiger partial charge < -0.3 is 5.32 Å². The minimum Gasteiger partial charge on any atom is -0.314 e. The maximum Gasteiger partial charge on any atom is 0.147 e. The van der Waals surface area contributed by atoms with Crippen LogP contribution in [0.4, 0.5) is 4.39 Å². The highest BCUT2D eigenvalue weighted by Gasteiger charge is 2.20. The summed E-state index contributed by atoms with van der Waals surface area (Å²) in [6.45, 7) is 0.937. The van der Waals surface area contributed by atoms with Crippen molar-refractivity contribution < 1.29 is 4.39 Å². The Bertz CT molecular complexity index is 563. The first-order chi connectivity index (χ1) is 9.20. The molecular weight excluding hydrogens is 329 g/mol. The van der Waals surface area contributed by atoms with Gasteiger partial charge in [-0.2, -0.15) is 0 Å². The van der Waals surface area contributed by atoms with Crippen molar-refractivity contribution in [3.8, 4) is 10.6 Å². The molecule has 1 heterocycles. The Labute approximate surface area is 123 Å². The predicted molar refractivity (Wildman–Crippen MR) is 77.7 cm³/mol. The van der Waals surface area contributed by atoms with E-state index in [2.05, 4.69) is 31.4 Å². The fourth-order valence-electron chi connectivity index (χ4n) is 1.82. The van der Waals surface area contributed by atoms with E-state index in [0.29, 0.717) is 6.04 Å². The van der Waals surface area contributed by atoms with E-state index in [9.17, 15) is 4.39 Å². The summed E-state index contributed by atoms with van der Waals surface area (Å²) in [7, 11) is 0. The van der Waals surface area contributed by atoms with Gasteiger partial charge >= 0.3 is 0 Å². The van der Waals surface area contributed by atoms with E-state index in [-0.39, 0.29) is 5.82 Å². The van der Waals surface area contributed by atoms with Crippen molar-refractivity contribution in [1.82, 2.24) is 15.5 Å². The molecule has 0 atom stereocenters. The zero-order valence-electron chi connectivity index (χ0n) is 10.2. The average Bonchev–Trinajstić information content (AvgIpc) is 3.04. The second-order valence-electron chi connectivity index (χ2n) is 4.64. The Morgan fingerprint density at radius 1 is 1.32 bits per heavy atom. The molecule has 0 saturated heterocycles. The molecule has 1 aromatic carbocycles. The van der Waals surface area contributed by atoms with Gasteiger partial charge in [-0.15, -0.1) is 10.2 Å². The third kappa shape index (κ3) is 3.58. The zero-order valence-corrected chi connectivity index (χ0v) is 12.6. The molecule has 0 aliphatic heterocycles. The van der Waals surface area contributed by atoms with Gasteiger partial charge in [-0.25, -0.2) is 4.39 Å². The molecule has 100 valence electrons. The number of benzene rings is 1. The Morgan fingerprint density at radius 2 is 2.16 bits per heavy atom. The third-order valence-corrected chi connectivity index (χ3v) is 4.42. The molecule has 1 aliphatic carbocycles. The summed E-state index contributed by atoms with van der Waals surface area (Å²) in [6.07, 6.45) is 3.46. The Balaban J connectivity index is 1.68. The SMILES string of the molecule is Fc1cc(Br)cc(-c2nnc(CCNC3CC3)s2)c1. The number of rotatable bonds is 5. The molecule has 1 fully saturated rings. The Morgan fingerprint density at radius 3 is 2.89 bits per heavy atom. The molecule has 6 heteroatoms.